The molecule has 4 N–H and O–H groups in total. The average Bonchev–Trinajstić information content (AvgIpc) is 4.08. The van der Waals surface area contributed by atoms with Gasteiger partial charge in [-0.15, -0.1) is 0 Å². The molecule has 290 valence electrons. The number of nitrogens with two attached hydrogens (primary N) is 1. The molecule has 1 saturated heterocycles. The molecular weight excluding hydrogens is 701 g/mol. The monoisotopic (exact) mass is 752 g/mol. The fraction of sp³-hybridized carbons (Fsp3) is 0.413. The molecule has 3 fully saturated rings. The fourth-order valence-electron chi connectivity index (χ4n) is 9.75. The van der Waals surface area contributed by atoms with Gasteiger partial charge in [0.2, 0.25) is 11.8 Å². The van der Waals surface area contributed by atoms with E-state index >= 15 is 0 Å². The maximum absolute atomic E-state index is 13.6. The Morgan fingerprint density at radius 2 is 1.39 bits per heavy atom. The summed E-state index contributed by atoms with van der Waals surface area (Å²) in [5, 5.41) is 5.95. The summed E-state index contributed by atoms with van der Waals surface area (Å²) < 4.78 is 4.78. The van der Waals surface area contributed by atoms with Crippen molar-refractivity contribution < 1.29 is 19.1 Å². The highest BCUT2D eigenvalue weighted by atomic mass is 16.5. The quantitative estimate of drug-likeness (QED) is 0.173. The maximum atomic E-state index is 13.6. The largest absolute Gasteiger partial charge is 0.453 e. The van der Waals surface area contributed by atoms with Crippen molar-refractivity contribution in [3.8, 4) is 11.1 Å². The number of likely N-dealkylation sites (tertiary alicyclic amines) is 1. The van der Waals surface area contributed by atoms with Crippen LogP contribution < -0.4 is 16.4 Å². The summed E-state index contributed by atoms with van der Waals surface area (Å²) in [5.41, 5.74) is 16.7. The summed E-state index contributed by atoms with van der Waals surface area (Å²) in [6.45, 7) is 5.02. The SMILES string of the molecule is COC(=O)N[C@H](C(=O)N1CCC[C@H]1C1=NC=C(c2ccc(-c3ccc(C4=CN=C([C@@H]5C6CCC(C6)[C@H]5C(=O)NCc5ccc(N)cc5)C4)cc3)cc2)C1)C(C)C. The van der Waals surface area contributed by atoms with Crippen LogP contribution in [0.15, 0.2) is 95.2 Å². The van der Waals surface area contributed by atoms with E-state index in [4.69, 9.17) is 20.5 Å². The zero-order valence-electron chi connectivity index (χ0n) is 32.5. The Hall–Kier alpha value is -5.51. The number of nitrogens with zero attached hydrogens (tertiary/aromatic N) is 3. The van der Waals surface area contributed by atoms with E-state index in [1.807, 2.05) is 55.4 Å². The van der Waals surface area contributed by atoms with E-state index in [0.717, 1.165) is 82.6 Å². The van der Waals surface area contributed by atoms with Crippen molar-refractivity contribution in [2.75, 3.05) is 19.4 Å². The molecule has 10 nitrogen and oxygen atoms in total. The molecule has 3 heterocycles. The summed E-state index contributed by atoms with van der Waals surface area (Å²) in [4.78, 5) is 50.8. The normalized spacial score (nSPS) is 24.4. The van der Waals surface area contributed by atoms with Gasteiger partial charge in [0, 0.05) is 67.3 Å². The maximum Gasteiger partial charge on any atom is 0.407 e. The molecule has 56 heavy (non-hydrogen) atoms. The van der Waals surface area contributed by atoms with Crippen molar-refractivity contribution in [2.24, 2.45) is 39.6 Å². The molecule has 2 aliphatic carbocycles. The van der Waals surface area contributed by atoms with Crippen LogP contribution in [0.1, 0.15) is 75.5 Å². The van der Waals surface area contributed by atoms with Gasteiger partial charge in [-0.05, 0) is 101 Å². The lowest BCUT2D eigenvalue weighted by Gasteiger charge is -2.31. The molecule has 3 amide bonds. The minimum atomic E-state index is -0.647. The van der Waals surface area contributed by atoms with Crippen LogP contribution >= 0.6 is 0 Å². The second kappa shape index (κ2) is 15.9. The molecular formula is C46H52N6O4. The van der Waals surface area contributed by atoms with E-state index in [2.05, 4.69) is 59.2 Å². The van der Waals surface area contributed by atoms with Crippen molar-refractivity contribution in [1.29, 1.82) is 0 Å². The third-order valence-corrected chi connectivity index (χ3v) is 12.7. The topological polar surface area (TPSA) is 138 Å². The van der Waals surface area contributed by atoms with Crippen LogP contribution in [0.25, 0.3) is 22.3 Å². The number of methoxy groups -OCH3 is 1. The minimum absolute atomic E-state index is 0.0153. The van der Waals surface area contributed by atoms with Crippen molar-refractivity contribution in [3.63, 3.8) is 0 Å². The number of carbonyl (C=O) groups excluding carboxylic acids is 3. The zero-order chi connectivity index (χ0) is 38.9. The fourth-order valence-corrected chi connectivity index (χ4v) is 9.75. The van der Waals surface area contributed by atoms with Gasteiger partial charge >= 0.3 is 6.09 Å². The van der Waals surface area contributed by atoms with Crippen LogP contribution in [-0.4, -0.2) is 60.0 Å². The minimum Gasteiger partial charge on any atom is -0.453 e. The molecule has 3 aromatic carbocycles. The number of rotatable bonds is 11. The van der Waals surface area contributed by atoms with Gasteiger partial charge < -0.3 is 26.0 Å². The zero-order valence-corrected chi connectivity index (χ0v) is 32.5. The van der Waals surface area contributed by atoms with E-state index in [-0.39, 0.29) is 35.6 Å². The number of anilines is 1. The number of carbonyl (C=O) groups is 3. The van der Waals surface area contributed by atoms with Crippen molar-refractivity contribution in [3.05, 3.63) is 102 Å². The Labute approximate surface area is 329 Å². The number of nitrogen functional groups attached to an aromatic ring is 1. The lowest BCUT2D eigenvalue weighted by atomic mass is 9.75. The van der Waals surface area contributed by atoms with Crippen molar-refractivity contribution in [1.82, 2.24) is 15.5 Å². The van der Waals surface area contributed by atoms with E-state index in [0.29, 0.717) is 31.3 Å². The van der Waals surface area contributed by atoms with Gasteiger partial charge in [0.1, 0.15) is 6.04 Å². The number of hydrogen-bond donors (Lipinski definition) is 3. The Balaban J connectivity index is 0.860. The number of amides is 3. The van der Waals surface area contributed by atoms with E-state index in [1.54, 1.807) is 0 Å². The Morgan fingerprint density at radius 1 is 0.804 bits per heavy atom. The van der Waals surface area contributed by atoms with E-state index in [1.165, 1.54) is 19.1 Å². The number of ether oxygens (including phenoxy) is 1. The molecule has 10 heteroatoms. The molecule has 3 aromatic rings. The average molecular weight is 753 g/mol. The third kappa shape index (κ3) is 7.53. The van der Waals surface area contributed by atoms with Crippen LogP contribution in [0.5, 0.6) is 0 Å². The van der Waals surface area contributed by atoms with Gasteiger partial charge in [-0.1, -0.05) is 74.5 Å². The summed E-state index contributed by atoms with van der Waals surface area (Å²) in [7, 11) is 1.31. The molecule has 0 spiro atoms. The Bertz CT molecular complexity index is 2100. The lowest BCUT2D eigenvalue weighted by Crippen LogP contribution is -2.53. The molecule has 0 radical (unpaired) electrons. The highest BCUT2D eigenvalue weighted by Gasteiger charge is 2.52. The van der Waals surface area contributed by atoms with Gasteiger partial charge in [0.25, 0.3) is 0 Å². The number of benzene rings is 3. The van der Waals surface area contributed by atoms with Crippen LogP contribution in [0.3, 0.4) is 0 Å². The van der Waals surface area contributed by atoms with Crippen molar-refractivity contribution >= 4 is 46.2 Å². The number of fused-ring (bicyclic) bond motifs is 2. The predicted octanol–water partition coefficient (Wildman–Crippen LogP) is 7.66. The van der Waals surface area contributed by atoms with Gasteiger partial charge in [-0.25, -0.2) is 4.79 Å². The van der Waals surface area contributed by atoms with Gasteiger partial charge in [-0.3, -0.25) is 19.6 Å². The van der Waals surface area contributed by atoms with Crippen LogP contribution in [0.2, 0.25) is 0 Å². The number of aliphatic imine (C=N–C) groups is 2. The first-order valence-electron chi connectivity index (χ1n) is 20.2. The van der Waals surface area contributed by atoms with Gasteiger partial charge in [0.15, 0.2) is 0 Å². The molecule has 0 aromatic heterocycles. The molecule has 2 unspecified atom stereocenters. The second-order valence-corrected chi connectivity index (χ2v) is 16.4. The summed E-state index contributed by atoms with van der Waals surface area (Å²) in [6, 6.07) is 24.3. The Morgan fingerprint density at radius 3 is 2.02 bits per heavy atom. The highest BCUT2D eigenvalue weighted by Crippen LogP contribution is 2.54. The molecule has 8 rings (SSSR count). The van der Waals surface area contributed by atoms with E-state index in [9.17, 15) is 14.4 Å². The number of nitrogens with one attached hydrogen (secondary N) is 2. The number of hydrogen-bond acceptors (Lipinski definition) is 7. The summed E-state index contributed by atoms with van der Waals surface area (Å²) in [6.07, 6.45) is 10.0. The van der Waals surface area contributed by atoms with Crippen LogP contribution in [0.4, 0.5) is 10.5 Å². The van der Waals surface area contributed by atoms with Gasteiger partial charge in [-0.2, -0.15) is 0 Å². The first-order valence-corrected chi connectivity index (χ1v) is 20.2. The predicted molar refractivity (Wildman–Crippen MR) is 221 cm³/mol. The molecule has 3 aliphatic heterocycles. The number of alkyl carbamates (subject to hydrolysis) is 1. The molecule has 2 saturated carbocycles. The number of allylic oxidation sites excluding steroid dienone is 2. The molecule has 2 bridgehead atoms. The summed E-state index contributed by atoms with van der Waals surface area (Å²) in [5.74, 6) is 1.15. The van der Waals surface area contributed by atoms with Crippen molar-refractivity contribution in [2.45, 2.75) is 77.4 Å². The first-order chi connectivity index (χ1) is 27.2. The Kier molecular flexibility index (Phi) is 10.6. The standard InChI is InChI=1S/C46H52N6O4/c1-27(2)43(51-46(55)56-3)45(54)52-20-4-5-40(52)38-22-35(25-48-38)31-12-8-29(9-13-31)30-10-14-32(15-11-30)36-23-39(49-26-36)41-33-16-17-34(21-33)42(41)44(53)50-24-28-6-18-37(47)19-7-28/h6-15,18-19,25-27,33-34,40-43H,4-5,16-17,20-24,47H2,1-3H3,(H,50,53)(H,51,55)/t33?,34?,40-,41-,42+,43-/m0/s1. The smallest absolute Gasteiger partial charge is 0.407 e. The highest BCUT2D eigenvalue weighted by molar-refractivity contribution is 6.04. The van der Waals surface area contributed by atoms with Crippen LogP contribution in [0, 0.1) is 29.6 Å². The van der Waals surface area contributed by atoms with Gasteiger partial charge in [0.05, 0.1) is 13.2 Å². The van der Waals surface area contributed by atoms with Crippen LogP contribution in [-0.2, 0) is 20.9 Å². The second-order valence-electron chi connectivity index (χ2n) is 16.4. The summed E-state index contributed by atoms with van der Waals surface area (Å²) >= 11 is 0. The first kappa shape index (κ1) is 37.4. The third-order valence-electron chi connectivity index (χ3n) is 12.7. The molecule has 5 aliphatic rings. The molecule has 6 atom stereocenters. The lowest BCUT2D eigenvalue weighted by molar-refractivity contribution is -0.134. The van der Waals surface area contributed by atoms with E-state index < -0.39 is 12.1 Å².